The van der Waals surface area contributed by atoms with Crippen LogP contribution in [0.5, 0.6) is 5.75 Å². The van der Waals surface area contributed by atoms with Gasteiger partial charge < -0.3 is 10.1 Å². The summed E-state index contributed by atoms with van der Waals surface area (Å²) in [5.74, 6) is 1.93. The van der Waals surface area contributed by atoms with Crippen molar-refractivity contribution < 1.29 is 9.53 Å². The van der Waals surface area contributed by atoms with E-state index in [4.69, 9.17) is 10.3 Å². The Morgan fingerprint density at radius 2 is 2.00 bits per heavy atom. The summed E-state index contributed by atoms with van der Waals surface area (Å²) in [4.78, 5) is 20.8. The quantitative estimate of drug-likeness (QED) is 0.402. The number of carbonyl (C=O) groups is 1. The molecule has 1 heterocycles. The number of urea groups is 1. The Morgan fingerprint density at radius 3 is 2.68 bits per heavy atom. The molecule has 1 fully saturated rings. The van der Waals surface area contributed by atoms with Crippen molar-refractivity contribution in [3.05, 3.63) is 71.5 Å². The molecule has 31 heavy (non-hydrogen) atoms. The third-order valence-corrected chi connectivity index (χ3v) is 5.29. The van der Waals surface area contributed by atoms with Crippen LogP contribution in [0.4, 0.5) is 10.5 Å². The van der Waals surface area contributed by atoms with Crippen LogP contribution in [0.1, 0.15) is 35.4 Å². The Bertz CT molecular complexity index is 1100. The summed E-state index contributed by atoms with van der Waals surface area (Å²) in [6.07, 6.45) is 5.71. The maximum atomic E-state index is 12.2. The summed E-state index contributed by atoms with van der Waals surface area (Å²) in [6, 6.07) is 13.1. The third-order valence-electron chi connectivity index (χ3n) is 5.29. The maximum Gasteiger partial charge on any atom is 0.343 e. The number of aromatic nitrogens is 2. The number of anilines is 1. The van der Waals surface area contributed by atoms with E-state index >= 15 is 0 Å². The van der Waals surface area contributed by atoms with E-state index in [-0.39, 0.29) is 0 Å². The standard InChI is InChI=1S/C23H24N6O2/c1-15-13-17(22-25-11-4-12-26-22)9-10-21(15)31-14-19-18(16-7-8-16)5-3-6-20(19)27-23(30)29(2)28-24/h3-6,9-13,16,24H,7-8,14H2,1-2H3,(H,27,30). The number of carbonyl (C=O) groups excluding carboxylic acids is 1. The second kappa shape index (κ2) is 8.91. The molecule has 8 nitrogen and oxygen atoms in total. The van der Waals surface area contributed by atoms with Crippen molar-refractivity contribution in [3.63, 3.8) is 0 Å². The fourth-order valence-electron chi connectivity index (χ4n) is 3.45. The van der Waals surface area contributed by atoms with Crippen LogP contribution in [0.3, 0.4) is 0 Å². The molecule has 2 amide bonds. The lowest BCUT2D eigenvalue weighted by atomic mass is 10.0. The number of benzene rings is 2. The fraction of sp³-hybridized carbons (Fsp3) is 0.261. The largest absolute Gasteiger partial charge is 0.489 e. The first kappa shape index (κ1) is 20.5. The van der Waals surface area contributed by atoms with Crippen molar-refractivity contribution in [2.45, 2.75) is 32.3 Å². The Balaban J connectivity index is 1.56. The van der Waals surface area contributed by atoms with Gasteiger partial charge in [-0.05, 0) is 67.1 Å². The summed E-state index contributed by atoms with van der Waals surface area (Å²) in [6.45, 7) is 2.31. The molecule has 3 aromatic rings. The van der Waals surface area contributed by atoms with Gasteiger partial charge >= 0.3 is 6.03 Å². The molecule has 0 radical (unpaired) electrons. The van der Waals surface area contributed by atoms with Crippen molar-refractivity contribution in [3.8, 4) is 17.1 Å². The molecule has 0 saturated heterocycles. The highest BCUT2D eigenvalue weighted by Gasteiger charge is 2.28. The van der Waals surface area contributed by atoms with Gasteiger partial charge in [0.1, 0.15) is 12.4 Å². The zero-order valence-electron chi connectivity index (χ0n) is 17.5. The Labute approximate surface area is 180 Å². The van der Waals surface area contributed by atoms with E-state index in [1.54, 1.807) is 18.5 Å². The minimum atomic E-state index is -0.465. The van der Waals surface area contributed by atoms with E-state index in [9.17, 15) is 4.79 Å². The number of nitrogens with one attached hydrogen (secondary N) is 2. The SMILES string of the molecule is Cc1cc(-c2ncccn2)ccc1OCc1c(NC(=O)N(C)N=N)cccc1C1CC1. The molecule has 4 rings (SSSR count). The van der Waals surface area contributed by atoms with Crippen LogP contribution < -0.4 is 10.1 Å². The third kappa shape index (κ3) is 4.69. The molecule has 0 atom stereocenters. The van der Waals surface area contributed by atoms with Crippen LogP contribution in [0, 0.1) is 12.5 Å². The molecule has 1 aliphatic rings. The van der Waals surface area contributed by atoms with Gasteiger partial charge in [-0.1, -0.05) is 17.4 Å². The molecule has 1 aliphatic carbocycles. The summed E-state index contributed by atoms with van der Waals surface area (Å²) in [5, 5.41) is 6.94. The van der Waals surface area contributed by atoms with E-state index in [0.717, 1.165) is 40.3 Å². The molecule has 2 aromatic carbocycles. The summed E-state index contributed by atoms with van der Waals surface area (Å²) in [7, 11) is 1.44. The monoisotopic (exact) mass is 416 g/mol. The first-order valence-electron chi connectivity index (χ1n) is 10.1. The molecule has 1 aromatic heterocycles. The van der Waals surface area contributed by atoms with Gasteiger partial charge in [0, 0.05) is 36.3 Å². The van der Waals surface area contributed by atoms with Crippen molar-refractivity contribution in [2.75, 3.05) is 12.4 Å². The molecule has 0 unspecified atom stereocenters. The smallest absolute Gasteiger partial charge is 0.343 e. The van der Waals surface area contributed by atoms with E-state index in [0.29, 0.717) is 24.0 Å². The van der Waals surface area contributed by atoms with Crippen molar-refractivity contribution in [2.24, 2.45) is 5.22 Å². The topological polar surface area (TPSA) is 104 Å². The molecular formula is C23H24N6O2. The molecular weight excluding hydrogens is 392 g/mol. The molecule has 2 N–H and O–H groups in total. The molecule has 0 aliphatic heterocycles. The highest BCUT2D eigenvalue weighted by atomic mass is 16.5. The number of rotatable bonds is 7. The maximum absolute atomic E-state index is 12.2. The van der Waals surface area contributed by atoms with Gasteiger partial charge in [0.15, 0.2) is 5.82 Å². The van der Waals surface area contributed by atoms with Crippen LogP contribution in [-0.4, -0.2) is 28.1 Å². The lowest BCUT2D eigenvalue weighted by Gasteiger charge is -2.18. The van der Waals surface area contributed by atoms with E-state index in [1.807, 2.05) is 37.3 Å². The minimum absolute atomic E-state index is 0.325. The summed E-state index contributed by atoms with van der Waals surface area (Å²) in [5.41, 5.74) is 11.8. The van der Waals surface area contributed by atoms with Gasteiger partial charge in [-0.3, -0.25) is 0 Å². The number of hydrogen-bond donors (Lipinski definition) is 2. The van der Waals surface area contributed by atoms with Gasteiger partial charge in [-0.15, -0.1) is 0 Å². The Morgan fingerprint density at radius 1 is 1.23 bits per heavy atom. The second-order valence-electron chi connectivity index (χ2n) is 7.54. The van der Waals surface area contributed by atoms with Gasteiger partial charge in [-0.2, -0.15) is 10.5 Å². The second-order valence-corrected chi connectivity index (χ2v) is 7.54. The lowest BCUT2D eigenvalue weighted by Crippen LogP contribution is -2.27. The predicted octanol–water partition coefficient (Wildman–Crippen LogP) is 5.32. The van der Waals surface area contributed by atoms with Crippen molar-refractivity contribution >= 4 is 11.7 Å². The first-order valence-corrected chi connectivity index (χ1v) is 10.1. The van der Waals surface area contributed by atoms with Gasteiger partial charge in [0.2, 0.25) is 0 Å². The molecule has 1 saturated carbocycles. The van der Waals surface area contributed by atoms with E-state index in [1.165, 1.54) is 12.6 Å². The Hall–Kier alpha value is -3.81. The molecule has 0 spiro atoms. The number of aryl methyl sites for hydroxylation is 1. The van der Waals surface area contributed by atoms with Gasteiger partial charge in [-0.25, -0.2) is 14.8 Å². The lowest BCUT2D eigenvalue weighted by molar-refractivity contribution is 0.220. The minimum Gasteiger partial charge on any atom is -0.489 e. The number of hydrogen-bond acceptors (Lipinski definition) is 6. The average molecular weight is 416 g/mol. The number of ether oxygens (including phenoxy) is 1. The van der Waals surface area contributed by atoms with Crippen molar-refractivity contribution in [1.82, 2.24) is 15.0 Å². The highest BCUT2D eigenvalue weighted by Crippen LogP contribution is 2.43. The van der Waals surface area contributed by atoms with Gasteiger partial charge in [0.25, 0.3) is 0 Å². The zero-order valence-corrected chi connectivity index (χ0v) is 17.5. The van der Waals surface area contributed by atoms with Crippen LogP contribution in [0.25, 0.3) is 11.4 Å². The average Bonchev–Trinajstić information content (AvgIpc) is 3.64. The molecule has 0 bridgehead atoms. The van der Waals surface area contributed by atoms with E-state index in [2.05, 4.69) is 26.6 Å². The Kier molecular flexibility index (Phi) is 5.88. The summed E-state index contributed by atoms with van der Waals surface area (Å²) >= 11 is 0. The molecule has 158 valence electrons. The fourth-order valence-corrected chi connectivity index (χ4v) is 3.45. The van der Waals surface area contributed by atoms with Gasteiger partial charge in [0.05, 0.1) is 0 Å². The molecule has 8 heteroatoms. The van der Waals surface area contributed by atoms with Crippen LogP contribution >= 0.6 is 0 Å². The first-order chi connectivity index (χ1) is 15.1. The zero-order chi connectivity index (χ0) is 21.8. The van der Waals surface area contributed by atoms with Crippen LogP contribution in [-0.2, 0) is 6.61 Å². The summed E-state index contributed by atoms with van der Waals surface area (Å²) < 4.78 is 6.18. The van der Waals surface area contributed by atoms with Crippen molar-refractivity contribution in [1.29, 1.82) is 5.53 Å². The van der Waals surface area contributed by atoms with E-state index < -0.39 is 6.03 Å². The highest BCUT2D eigenvalue weighted by molar-refractivity contribution is 5.90. The number of amides is 2. The van der Waals surface area contributed by atoms with Crippen LogP contribution in [0.2, 0.25) is 0 Å². The van der Waals surface area contributed by atoms with Crippen LogP contribution in [0.15, 0.2) is 60.1 Å². The predicted molar refractivity (Wildman–Crippen MR) is 117 cm³/mol. The number of nitrogens with zero attached hydrogens (tertiary/aromatic N) is 4. The normalized spacial score (nSPS) is 12.8.